The molecule has 2 aromatic rings. The molecule has 0 fully saturated rings. The van der Waals surface area contributed by atoms with E-state index in [1.165, 1.54) is 18.3 Å². The van der Waals surface area contributed by atoms with Crippen LogP contribution in [0.2, 0.25) is 0 Å². The Morgan fingerprint density at radius 2 is 2.10 bits per heavy atom. The largest absolute Gasteiger partial charge is 0.508 e. The van der Waals surface area contributed by atoms with Crippen LogP contribution in [-0.4, -0.2) is 27.4 Å². The molecule has 102 valence electrons. The van der Waals surface area contributed by atoms with Gasteiger partial charge in [0.15, 0.2) is 5.69 Å². The number of anilines is 1. The summed E-state index contributed by atoms with van der Waals surface area (Å²) in [5.74, 6) is -0.470. The van der Waals surface area contributed by atoms with E-state index in [1.807, 2.05) is 0 Å². The first-order valence-electron chi connectivity index (χ1n) is 5.54. The molecular weight excluding hydrogens is 262 g/mol. The van der Waals surface area contributed by atoms with Gasteiger partial charge in [0.1, 0.15) is 11.4 Å². The van der Waals surface area contributed by atoms with Crippen LogP contribution in [0.3, 0.4) is 0 Å². The first kappa shape index (κ1) is 13.3. The third kappa shape index (κ3) is 3.19. The fraction of sp³-hybridized carbons (Fsp3) is 0. The topological polar surface area (TPSA) is 133 Å². The maximum absolute atomic E-state index is 11.6. The zero-order chi connectivity index (χ0) is 14.5. The van der Waals surface area contributed by atoms with Crippen LogP contribution in [0.25, 0.3) is 0 Å². The first-order valence-corrected chi connectivity index (χ1v) is 5.54. The van der Waals surface area contributed by atoms with Gasteiger partial charge in [-0.25, -0.2) is 10.5 Å². The van der Waals surface area contributed by atoms with Crippen LogP contribution in [0.1, 0.15) is 16.1 Å². The van der Waals surface area contributed by atoms with E-state index in [-0.39, 0.29) is 17.1 Å². The fourth-order valence-corrected chi connectivity index (χ4v) is 1.32. The molecule has 2 rings (SSSR count). The molecule has 0 atom stereocenters. The van der Waals surface area contributed by atoms with Crippen molar-refractivity contribution in [3.05, 3.63) is 51.9 Å². The number of nitrogens with zero attached hydrogens (tertiary/aromatic N) is 2. The number of aromatic hydroxyl groups is 1. The molecule has 0 aliphatic heterocycles. The minimum absolute atomic E-state index is 0.0510. The Hall–Kier alpha value is -3.16. The van der Waals surface area contributed by atoms with Crippen LogP contribution in [-0.2, 0) is 0 Å². The van der Waals surface area contributed by atoms with Crippen molar-refractivity contribution in [2.24, 2.45) is 5.10 Å². The van der Waals surface area contributed by atoms with Gasteiger partial charge >= 0.3 is 0 Å². The number of H-pyrrole nitrogens is 1. The number of benzene rings is 1. The van der Waals surface area contributed by atoms with Crippen LogP contribution in [0, 0.1) is 0 Å². The van der Waals surface area contributed by atoms with E-state index >= 15 is 0 Å². The van der Waals surface area contributed by atoms with E-state index in [4.69, 9.17) is 10.8 Å². The van der Waals surface area contributed by atoms with Gasteiger partial charge in [0.05, 0.1) is 6.21 Å². The van der Waals surface area contributed by atoms with Gasteiger partial charge in [-0.15, -0.1) is 0 Å². The van der Waals surface area contributed by atoms with Crippen molar-refractivity contribution >= 4 is 17.8 Å². The quantitative estimate of drug-likeness (QED) is 0.454. The highest BCUT2D eigenvalue weighted by atomic mass is 16.3. The number of amides is 1. The maximum atomic E-state index is 11.6. The number of nitrogens with one attached hydrogen (secondary N) is 2. The van der Waals surface area contributed by atoms with Crippen molar-refractivity contribution in [2.75, 3.05) is 5.73 Å². The second-order valence-corrected chi connectivity index (χ2v) is 3.83. The molecule has 8 heteroatoms. The predicted molar refractivity (Wildman–Crippen MR) is 72.4 cm³/mol. The molecule has 0 aliphatic rings. The summed E-state index contributed by atoms with van der Waals surface area (Å²) in [5, 5.41) is 18.5. The van der Waals surface area contributed by atoms with Crippen molar-refractivity contribution in [1.82, 2.24) is 15.6 Å². The Kier molecular flexibility index (Phi) is 3.75. The van der Waals surface area contributed by atoms with Gasteiger partial charge < -0.3 is 10.8 Å². The molecule has 0 spiro atoms. The lowest BCUT2D eigenvalue weighted by molar-refractivity contribution is 0.0949. The number of hydrazone groups is 1. The number of aromatic nitrogens is 2. The molecule has 1 amide bonds. The lowest BCUT2D eigenvalue weighted by Gasteiger charge is -1.99. The Morgan fingerprint density at radius 3 is 2.75 bits per heavy atom. The zero-order valence-electron chi connectivity index (χ0n) is 10.2. The van der Waals surface area contributed by atoms with Crippen LogP contribution < -0.4 is 16.7 Å². The zero-order valence-corrected chi connectivity index (χ0v) is 10.2. The van der Waals surface area contributed by atoms with Crippen LogP contribution in [0.5, 0.6) is 5.75 Å². The highest BCUT2D eigenvalue weighted by Gasteiger charge is 2.08. The van der Waals surface area contributed by atoms with Gasteiger partial charge in [-0.3, -0.25) is 9.59 Å². The van der Waals surface area contributed by atoms with Crippen LogP contribution in [0.15, 0.2) is 40.2 Å². The third-order valence-corrected chi connectivity index (χ3v) is 2.34. The average Bonchev–Trinajstić information content (AvgIpc) is 2.44. The summed E-state index contributed by atoms with van der Waals surface area (Å²) in [7, 11) is 0. The molecule has 20 heavy (non-hydrogen) atoms. The van der Waals surface area contributed by atoms with Gasteiger partial charge in [0.25, 0.3) is 11.5 Å². The summed E-state index contributed by atoms with van der Waals surface area (Å²) in [6.07, 6.45) is 1.40. The lowest BCUT2D eigenvalue weighted by Crippen LogP contribution is -2.23. The number of aromatic amines is 1. The Bertz CT molecular complexity index is 706. The maximum Gasteiger partial charge on any atom is 0.291 e. The minimum Gasteiger partial charge on any atom is -0.508 e. The van der Waals surface area contributed by atoms with Gasteiger partial charge in [0, 0.05) is 0 Å². The van der Waals surface area contributed by atoms with Crippen molar-refractivity contribution in [1.29, 1.82) is 0 Å². The van der Waals surface area contributed by atoms with Crippen molar-refractivity contribution in [3.8, 4) is 5.75 Å². The molecule has 0 bridgehead atoms. The molecule has 1 aromatic heterocycles. The van der Waals surface area contributed by atoms with E-state index in [9.17, 15) is 9.59 Å². The van der Waals surface area contributed by atoms with Crippen molar-refractivity contribution in [3.63, 3.8) is 0 Å². The fourth-order valence-electron chi connectivity index (χ4n) is 1.32. The number of hydrogen-bond donors (Lipinski definition) is 4. The highest BCUT2D eigenvalue weighted by Crippen LogP contribution is 2.07. The summed E-state index contributed by atoms with van der Waals surface area (Å²) in [6, 6.07) is 7.40. The number of hydrogen-bond acceptors (Lipinski definition) is 6. The molecule has 0 saturated carbocycles. The van der Waals surface area contributed by atoms with Gasteiger partial charge in [-0.2, -0.15) is 10.2 Å². The third-order valence-electron chi connectivity index (χ3n) is 2.34. The lowest BCUT2D eigenvalue weighted by atomic mass is 10.2. The SMILES string of the molecule is Nc1cc(C(=O)NN=Cc2ccc(O)cc2)n[nH]c1=O. The van der Waals surface area contributed by atoms with Gasteiger partial charge in [-0.05, 0) is 35.9 Å². The summed E-state index contributed by atoms with van der Waals surface area (Å²) in [6.45, 7) is 0. The summed E-state index contributed by atoms with van der Waals surface area (Å²) in [5.41, 5.74) is 7.58. The molecule has 0 radical (unpaired) electrons. The van der Waals surface area contributed by atoms with E-state index in [2.05, 4.69) is 20.7 Å². The highest BCUT2D eigenvalue weighted by molar-refractivity contribution is 5.93. The monoisotopic (exact) mass is 273 g/mol. The van der Waals surface area contributed by atoms with Crippen LogP contribution >= 0.6 is 0 Å². The number of phenols is 1. The van der Waals surface area contributed by atoms with Crippen LogP contribution in [0.4, 0.5) is 5.69 Å². The normalized spacial score (nSPS) is 10.6. The number of carbonyl (C=O) groups is 1. The number of carbonyl (C=O) groups excluding carboxylic acids is 1. The van der Waals surface area contributed by atoms with Gasteiger partial charge in [-0.1, -0.05) is 0 Å². The molecule has 8 nitrogen and oxygen atoms in total. The number of nitrogens with two attached hydrogens (primary N) is 1. The average molecular weight is 273 g/mol. The van der Waals surface area contributed by atoms with Crippen molar-refractivity contribution < 1.29 is 9.90 Å². The second-order valence-electron chi connectivity index (χ2n) is 3.83. The number of rotatable bonds is 3. The second kappa shape index (κ2) is 5.65. The summed E-state index contributed by atoms with van der Waals surface area (Å²) < 4.78 is 0. The first-order chi connectivity index (χ1) is 9.56. The molecule has 1 heterocycles. The van der Waals surface area contributed by atoms with Crippen molar-refractivity contribution in [2.45, 2.75) is 0 Å². The standard InChI is InChI=1S/C12H11N5O3/c13-9-5-10(15-17-11(9)19)12(20)16-14-6-7-1-3-8(18)4-2-7/h1-6,18H,(H2,13,15)(H,16,20)(H,17,19). The number of nitrogen functional groups attached to an aromatic ring is 1. The Morgan fingerprint density at radius 1 is 1.40 bits per heavy atom. The van der Waals surface area contributed by atoms with E-state index < -0.39 is 11.5 Å². The molecular formula is C12H11N5O3. The predicted octanol–water partition coefficient (Wildman–Crippen LogP) is -0.178. The number of phenolic OH excluding ortho intramolecular Hbond substituents is 1. The van der Waals surface area contributed by atoms with Gasteiger partial charge in [0.2, 0.25) is 0 Å². The van der Waals surface area contributed by atoms with E-state index in [0.717, 1.165) is 6.07 Å². The Labute approximate surface area is 112 Å². The van der Waals surface area contributed by atoms with E-state index in [0.29, 0.717) is 5.56 Å². The summed E-state index contributed by atoms with van der Waals surface area (Å²) in [4.78, 5) is 22.6. The Balaban J connectivity index is 2.03. The minimum atomic E-state index is -0.608. The molecule has 1 aromatic carbocycles. The van der Waals surface area contributed by atoms with E-state index in [1.54, 1.807) is 12.1 Å². The molecule has 5 N–H and O–H groups in total. The molecule has 0 unspecified atom stereocenters. The smallest absolute Gasteiger partial charge is 0.291 e. The molecule has 0 aliphatic carbocycles. The summed E-state index contributed by atoms with van der Waals surface area (Å²) >= 11 is 0. The molecule has 0 saturated heterocycles.